The van der Waals surface area contributed by atoms with Crippen LogP contribution in [0.4, 0.5) is 11.4 Å². The number of nitro groups is 2. The fourth-order valence-electron chi connectivity index (χ4n) is 2.05. The van der Waals surface area contributed by atoms with E-state index in [1.165, 1.54) is 36.4 Å². The minimum absolute atomic E-state index is 0.0896. The molecule has 107 valence electrons. The van der Waals surface area contributed by atoms with Gasteiger partial charge in [-0.1, -0.05) is 24.3 Å². The van der Waals surface area contributed by atoms with Gasteiger partial charge >= 0.3 is 0 Å². The second-order valence-corrected chi connectivity index (χ2v) is 4.13. The van der Waals surface area contributed by atoms with Crippen molar-refractivity contribution in [2.24, 2.45) is 0 Å². The third kappa shape index (κ3) is 2.86. The summed E-state index contributed by atoms with van der Waals surface area (Å²) in [6.45, 7) is 0. The maximum Gasteiger partial charge on any atom is 0.275 e. The van der Waals surface area contributed by atoms with Gasteiger partial charge in [-0.05, 0) is 12.1 Å². The zero-order valence-corrected chi connectivity index (χ0v) is 10.6. The smallest absolute Gasteiger partial charge is 0.272 e. The molecule has 0 unspecified atom stereocenters. The topological polar surface area (TPSA) is 119 Å². The lowest BCUT2D eigenvalue weighted by Crippen LogP contribution is -2.10. The molecule has 21 heavy (non-hydrogen) atoms. The Bertz CT molecular complexity index is 632. The highest BCUT2D eigenvalue weighted by molar-refractivity contribution is 5.51. The van der Waals surface area contributed by atoms with Gasteiger partial charge in [0.25, 0.3) is 11.4 Å². The van der Waals surface area contributed by atoms with Crippen LogP contribution in [0.1, 0.15) is 17.2 Å². The van der Waals surface area contributed by atoms with Crippen LogP contribution in [0.5, 0.6) is 0 Å². The van der Waals surface area contributed by atoms with E-state index in [-0.39, 0.29) is 22.5 Å². The summed E-state index contributed by atoms with van der Waals surface area (Å²) in [6, 6.07) is 11.4. The summed E-state index contributed by atoms with van der Waals surface area (Å²) in [4.78, 5) is 25.4. The average Bonchev–Trinajstić information content (AvgIpc) is 2.48. The molecule has 2 aromatic carbocycles. The van der Waals surface area contributed by atoms with E-state index in [0.717, 1.165) is 0 Å². The SMILES string of the molecule is [NH]OC(c1ccccc1[N+](=O)[O-])c1ccccc1[N+](=O)[O-]. The Morgan fingerprint density at radius 1 is 0.857 bits per heavy atom. The first-order chi connectivity index (χ1) is 10.1. The second-order valence-electron chi connectivity index (χ2n) is 4.13. The summed E-state index contributed by atoms with van der Waals surface area (Å²) in [5.74, 6) is 7.16. The molecule has 0 aliphatic rings. The Balaban J connectivity index is 2.61. The van der Waals surface area contributed by atoms with Crippen LogP contribution in [0.3, 0.4) is 0 Å². The molecule has 0 saturated heterocycles. The molecular weight excluding hydrogens is 278 g/mol. The van der Waals surface area contributed by atoms with Crippen LogP contribution in [-0.4, -0.2) is 9.85 Å². The summed E-state index contributed by atoms with van der Waals surface area (Å²) in [5.41, 5.74) is -0.334. The van der Waals surface area contributed by atoms with E-state index in [9.17, 15) is 20.2 Å². The number of nitrogens with zero attached hydrogens (tertiary/aromatic N) is 2. The van der Waals surface area contributed by atoms with Gasteiger partial charge in [-0.15, -0.1) is 5.90 Å². The average molecular weight is 288 g/mol. The molecule has 0 spiro atoms. The first kappa shape index (κ1) is 14.6. The predicted molar refractivity (Wildman–Crippen MR) is 72.2 cm³/mol. The highest BCUT2D eigenvalue weighted by Crippen LogP contribution is 2.36. The molecule has 2 rings (SSSR count). The lowest BCUT2D eigenvalue weighted by atomic mass is 9.98. The van der Waals surface area contributed by atoms with Crippen LogP contribution in [0.15, 0.2) is 48.5 Å². The quantitative estimate of drug-likeness (QED) is 0.618. The molecule has 0 saturated carbocycles. The highest BCUT2D eigenvalue weighted by Gasteiger charge is 2.29. The van der Waals surface area contributed by atoms with Gasteiger partial charge in [0.2, 0.25) is 0 Å². The van der Waals surface area contributed by atoms with E-state index in [0.29, 0.717) is 0 Å². The van der Waals surface area contributed by atoms with E-state index in [1.54, 1.807) is 12.1 Å². The van der Waals surface area contributed by atoms with E-state index in [1.807, 2.05) is 0 Å². The molecule has 0 heterocycles. The Hall–Kier alpha value is -2.84. The van der Waals surface area contributed by atoms with E-state index in [4.69, 9.17) is 5.90 Å². The lowest BCUT2D eigenvalue weighted by molar-refractivity contribution is -0.387. The van der Waals surface area contributed by atoms with Gasteiger partial charge < -0.3 is 0 Å². The molecule has 0 aliphatic heterocycles. The minimum atomic E-state index is -1.21. The fourth-order valence-corrected chi connectivity index (χ4v) is 2.05. The number of nitrogens with one attached hydrogen (secondary N) is 1. The first-order valence-corrected chi connectivity index (χ1v) is 5.85. The first-order valence-electron chi connectivity index (χ1n) is 5.85. The van der Waals surface area contributed by atoms with Crippen molar-refractivity contribution < 1.29 is 14.7 Å². The second kappa shape index (κ2) is 6.07. The van der Waals surface area contributed by atoms with Gasteiger partial charge in [-0.3, -0.25) is 25.1 Å². The standard InChI is InChI=1S/C13H10N3O5/c14-21-13(9-5-1-3-7-11(9)15(17)18)10-6-2-4-8-12(10)16(19)20/h1-8,13-14H. The van der Waals surface area contributed by atoms with Crippen LogP contribution >= 0.6 is 0 Å². The van der Waals surface area contributed by atoms with Crippen LogP contribution in [0, 0.1) is 20.2 Å². The van der Waals surface area contributed by atoms with Crippen LogP contribution in [-0.2, 0) is 4.84 Å². The zero-order valence-electron chi connectivity index (χ0n) is 10.6. The molecule has 1 radical (unpaired) electrons. The molecule has 0 atom stereocenters. The molecule has 0 fully saturated rings. The van der Waals surface area contributed by atoms with Crippen molar-refractivity contribution in [1.29, 1.82) is 0 Å². The molecule has 0 amide bonds. The normalized spacial score (nSPS) is 10.6. The van der Waals surface area contributed by atoms with Crippen molar-refractivity contribution in [3.63, 3.8) is 0 Å². The van der Waals surface area contributed by atoms with E-state index >= 15 is 0 Å². The maximum absolute atomic E-state index is 11.0. The summed E-state index contributed by atoms with van der Waals surface area (Å²) >= 11 is 0. The number of hydrogen-bond donors (Lipinski definition) is 0. The lowest BCUT2D eigenvalue weighted by Gasteiger charge is -2.14. The number of nitro benzene ring substituents is 2. The highest BCUT2D eigenvalue weighted by atomic mass is 16.6. The Labute approximate surface area is 119 Å². The van der Waals surface area contributed by atoms with Crippen molar-refractivity contribution >= 4 is 11.4 Å². The van der Waals surface area contributed by atoms with Gasteiger partial charge in [0.15, 0.2) is 0 Å². The van der Waals surface area contributed by atoms with Crippen molar-refractivity contribution in [3.05, 3.63) is 79.9 Å². The largest absolute Gasteiger partial charge is 0.275 e. The molecule has 8 nitrogen and oxygen atoms in total. The van der Waals surface area contributed by atoms with Gasteiger partial charge in [0, 0.05) is 12.1 Å². The monoisotopic (exact) mass is 288 g/mol. The van der Waals surface area contributed by atoms with Gasteiger partial charge in [0.05, 0.1) is 21.0 Å². The van der Waals surface area contributed by atoms with Crippen LogP contribution in [0.2, 0.25) is 0 Å². The summed E-state index contributed by atoms with van der Waals surface area (Å²) in [6.07, 6.45) is -1.21. The fraction of sp³-hybridized carbons (Fsp3) is 0.0769. The Morgan fingerprint density at radius 3 is 1.57 bits per heavy atom. The summed E-state index contributed by atoms with van der Waals surface area (Å²) in [7, 11) is 0. The van der Waals surface area contributed by atoms with Crippen LogP contribution < -0.4 is 5.90 Å². The summed E-state index contributed by atoms with van der Waals surface area (Å²) in [5, 5.41) is 22.1. The minimum Gasteiger partial charge on any atom is -0.272 e. The summed E-state index contributed by atoms with van der Waals surface area (Å²) < 4.78 is 0. The van der Waals surface area contributed by atoms with Crippen molar-refractivity contribution in [2.45, 2.75) is 6.10 Å². The predicted octanol–water partition coefficient (Wildman–Crippen LogP) is 2.81. The number of benzene rings is 2. The van der Waals surface area contributed by atoms with Crippen LogP contribution in [0.25, 0.3) is 0 Å². The van der Waals surface area contributed by atoms with Crippen molar-refractivity contribution in [3.8, 4) is 0 Å². The van der Waals surface area contributed by atoms with Gasteiger partial charge in [0.1, 0.15) is 6.10 Å². The zero-order chi connectivity index (χ0) is 15.4. The molecule has 0 aliphatic carbocycles. The van der Waals surface area contributed by atoms with Gasteiger partial charge in [-0.2, -0.15) is 0 Å². The molecule has 0 bridgehead atoms. The third-order valence-electron chi connectivity index (χ3n) is 2.95. The number of para-hydroxylation sites is 2. The molecular formula is C13H10N3O5. The van der Waals surface area contributed by atoms with E-state index < -0.39 is 16.0 Å². The molecule has 8 heteroatoms. The van der Waals surface area contributed by atoms with Crippen molar-refractivity contribution in [1.82, 2.24) is 5.90 Å². The number of rotatable bonds is 5. The van der Waals surface area contributed by atoms with Gasteiger partial charge in [-0.25, -0.2) is 0 Å². The Kier molecular flexibility index (Phi) is 4.21. The molecule has 1 N–H and O–H groups in total. The molecule has 0 aromatic heterocycles. The number of hydrogen-bond acceptors (Lipinski definition) is 5. The maximum atomic E-state index is 11.0. The van der Waals surface area contributed by atoms with E-state index in [2.05, 4.69) is 4.84 Å². The third-order valence-corrected chi connectivity index (χ3v) is 2.95. The molecule has 2 aromatic rings. The Morgan fingerprint density at radius 2 is 1.24 bits per heavy atom. The van der Waals surface area contributed by atoms with Crippen molar-refractivity contribution in [2.75, 3.05) is 0 Å².